The number of hydrogen-bond donors (Lipinski definition) is 1. The van der Waals surface area contributed by atoms with Crippen molar-refractivity contribution in [2.45, 2.75) is 33.2 Å². The summed E-state index contributed by atoms with van der Waals surface area (Å²) >= 11 is 0. The average molecular weight is 238 g/mol. The molecule has 0 fully saturated rings. The summed E-state index contributed by atoms with van der Waals surface area (Å²) in [6.07, 6.45) is 3.28. The summed E-state index contributed by atoms with van der Waals surface area (Å²) in [6, 6.07) is 0.280. The highest BCUT2D eigenvalue weighted by atomic mass is 15.3. The molecule has 1 aromatic heterocycles. The zero-order chi connectivity index (χ0) is 13.0. The van der Waals surface area contributed by atoms with Gasteiger partial charge in [-0.2, -0.15) is 5.10 Å². The summed E-state index contributed by atoms with van der Waals surface area (Å²) in [5.41, 5.74) is 8.25. The fourth-order valence-corrected chi connectivity index (χ4v) is 2.11. The van der Waals surface area contributed by atoms with Crippen LogP contribution < -0.4 is 5.73 Å². The molecule has 0 aromatic carbocycles. The molecule has 1 heterocycles. The summed E-state index contributed by atoms with van der Waals surface area (Å²) in [7, 11) is 4.10. The van der Waals surface area contributed by atoms with Gasteiger partial charge in [0.1, 0.15) is 0 Å². The Balaban J connectivity index is 2.73. The first-order valence-electron chi connectivity index (χ1n) is 6.36. The van der Waals surface area contributed by atoms with Crippen LogP contribution in [0, 0.1) is 12.8 Å². The van der Waals surface area contributed by atoms with Crippen LogP contribution in [-0.4, -0.2) is 34.8 Å². The molecule has 0 radical (unpaired) electrons. The highest BCUT2D eigenvalue weighted by molar-refractivity contribution is 5.20. The number of nitrogens with two attached hydrogens (primary N) is 1. The zero-order valence-electron chi connectivity index (χ0n) is 11.8. The Bertz CT molecular complexity index is 343. The van der Waals surface area contributed by atoms with Gasteiger partial charge in [-0.3, -0.25) is 9.58 Å². The Kier molecular flexibility index (Phi) is 5.15. The predicted molar refractivity (Wildman–Crippen MR) is 71.8 cm³/mol. The van der Waals surface area contributed by atoms with Gasteiger partial charge in [-0.1, -0.05) is 13.8 Å². The highest BCUT2D eigenvalue weighted by Crippen LogP contribution is 2.21. The van der Waals surface area contributed by atoms with E-state index in [4.69, 9.17) is 5.73 Å². The van der Waals surface area contributed by atoms with Gasteiger partial charge in [0.15, 0.2) is 0 Å². The van der Waals surface area contributed by atoms with Crippen molar-refractivity contribution in [2.75, 3.05) is 20.1 Å². The van der Waals surface area contributed by atoms with Crippen LogP contribution in [0.4, 0.5) is 0 Å². The molecule has 1 unspecified atom stereocenters. The van der Waals surface area contributed by atoms with Gasteiger partial charge in [-0.25, -0.2) is 0 Å². The summed E-state index contributed by atoms with van der Waals surface area (Å²) in [5, 5.41) is 4.39. The molecule has 0 saturated carbocycles. The van der Waals surface area contributed by atoms with E-state index in [9.17, 15) is 0 Å². The third kappa shape index (κ3) is 3.82. The lowest BCUT2D eigenvalue weighted by atomic mass is 10.1. The second-order valence-electron chi connectivity index (χ2n) is 5.26. The van der Waals surface area contributed by atoms with Crippen LogP contribution in [-0.2, 0) is 7.05 Å². The quantitative estimate of drug-likeness (QED) is 0.820. The SMILES string of the molecule is Cc1nn(C)cc1C(CN)N(C)CCC(C)C. The molecule has 17 heavy (non-hydrogen) atoms. The van der Waals surface area contributed by atoms with Crippen molar-refractivity contribution in [3.63, 3.8) is 0 Å². The molecule has 4 heteroatoms. The van der Waals surface area contributed by atoms with Crippen LogP contribution >= 0.6 is 0 Å². The maximum atomic E-state index is 5.91. The van der Waals surface area contributed by atoms with Crippen molar-refractivity contribution in [2.24, 2.45) is 18.7 Å². The minimum atomic E-state index is 0.280. The smallest absolute Gasteiger partial charge is 0.0641 e. The molecule has 0 bridgehead atoms. The first-order chi connectivity index (χ1) is 7.95. The number of likely N-dealkylation sites (N-methyl/N-ethyl adjacent to an activating group) is 1. The van der Waals surface area contributed by atoms with Gasteiger partial charge in [0.25, 0.3) is 0 Å². The van der Waals surface area contributed by atoms with E-state index in [1.165, 1.54) is 12.0 Å². The van der Waals surface area contributed by atoms with Gasteiger partial charge in [-0.05, 0) is 32.9 Å². The predicted octanol–water partition coefficient (Wildman–Crippen LogP) is 1.71. The summed E-state index contributed by atoms with van der Waals surface area (Å²) in [4.78, 5) is 2.34. The second kappa shape index (κ2) is 6.17. The van der Waals surface area contributed by atoms with E-state index in [1.54, 1.807) is 0 Å². The number of rotatable bonds is 6. The molecule has 98 valence electrons. The van der Waals surface area contributed by atoms with E-state index >= 15 is 0 Å². The fourth-order valence-electron chi connectivity index (χ4n) is 2.11. The largest absolute Gasteiger partial charge is 0.329 e. The van der Waals surface area contributed by atoms with Gasteiger partial charge in [-0.15, -0.1) is 0 Å². The van der Waals surface area contributed by atoms with Crippen LogP contribution in [0.3, 0.4) is 0 Å². The number of aryl methyl sites for hydroxylation is 2. The lowest BCUT2D eigenvalue weighted by Crippen LogP contribution is -2.32. The summed E-state index contributed by atoms with van der Waals surface area (Å²) in [5.74, 6) is 0.728. The molecule has 0 amide bonds. The van der Waals surface area contributed by atoms with Gasteiger partial charge in [0.05, 0.1) is 11.7 Å². The molecule has 0 aliphatic carbocycles. The molecule has 0 aliphatic rings. The first kappa shape index (κ1) is 14.2. The monoisotopic (exact) mass is 238 g/mol. The Morgan fingerprint density at radius 3 is 2.53 bits per heavy atom. The topological polar surface area (TPSA) is 47.1 Å². The van der Waals surface area contributed by atoms with Crippen molar-refractivity contribution >= 4 is 0 Å². The van der Waals surface area contributed by atoms with E-state index in [-0.39, 0.29) is 6.04 Å². The number of aromatic nitrogens is 2. The average Bonchev–Trinajstić information content (AvgIpc) is 2.56. The van der Waals surface area contributed by atoms with E-state index in [2.05, 4.69) is 37.1 Å². The molecule has 0 aliphatic heterocycles. The van der Waals surface area contributed by atoms with Crippen LogP contribution in [0.15, 0.2) is 6.20 Å². The molecule has 1 atom stereocenters. The molecule has 0 saturated heterocycles. The van der Waals surface area contributed by atoms with Gasteiger partial charge < -0.3 is 5.73 Å². The standard InChI is InChI=1S/C13H26N4/c1-10(2)6-7-16(4)13(8-14)12-9-17(5)15-11(12)3/h9-10,13H,6-8,14H2,1-5H3. The maximum Gasteiger partial charge on any atom is 0.0641 e. The van der Waals surface area contributed by atoms with Crippen LogP contribution in [0.5, 0.6) is 0 Å². The molecule has 4 nitrogen and oxygen atoms in total. The van der Waals surface area contributed by atoms with E-state index in [1.807, 2.05) is 18.7 Å². The Morgan fingerprint density at radius 1 is 1.47 bits per heavy atom. The summed E-state index contributed by atoms with van der Waals surface area (Å²) < 4.78 is 1.86. The third-order valence-electron chi connectivity index (χ3n) is 3.22. The minimum absolute atomic E-state index is 0.280. The van der Waals surface area contributed by atoms with Crippen molar-refractivity contribution in [1.82, 2.24) is 14.7 Å². The van der Waals surface area contributed by atoms with E-state index < -0.39 is 0 Å². The maximum absolute atomic E-state index is 5.91. The van der Waals surface area contributed by atoms with Crippen molar-refractivity contribution in [3.05, 3.63) is 17.5 Å². The molecule has 1 aromatic rings. The molecule has 2 N–H and O–H groups in total. The fraction of sp³-hybridized carbons (Fsp3) is 0.769. The lowest BCUT2D eigenvalue weighted by Gasteiger charge is -2.27. The van der Waals surface area contributed by atoms with Gasteiger partial charge in [0.2, 0.25) is 0 Å². The van der Waals surface area contributed by atoms with Crippen LogP contribution in [0.25, 0.3) is 0 Å². The van der Waals surface area contributed by atoms with Crippen LogP contribution in [0.1, 0.15) is 37.6 Å². The Morgan fingerprint density at radius 2 is 2.12 bits per heavy atom. The molecular formula is C13H26N4. The van der Waals surface area contributed by atoms with Crippen LogP contribution in [0.2, 0.25) is 0 Å². The van der Waals surface area contributed by atoms with Crippen molar-refractivity contribution in [3.8, 4) is 0 Å². The summed E-state index contributed by atoms with van der Waals surface area (Å²) in [6.45, 7) is 8.27. The van der Waals surface area contributed by atoms with Gasteiger partial charge in [0, 0.05) is 25.4 Å². The highest BCUT2D eigenvalue weighted by Gasteiger charge is 2.19. The zero-order valence-corrected chi connectivity index (χ0v) is 11.8. The number of nitrogens with zero attached hydrogens (tertiary/aromatic N) is 3. The van der Waals surface area contributed by atoms with Crippen molar-refractivity contribution in [1.29, 1.82) is 0 Å². The molecular weight excluding hydrogens is 212 g/mol. The first-order valence-corrected chi connectivity index (χ1v) is 6.36. The van der Waals surface area contributed by atoms with E-state index in [0.717, 1.165) is 18.2 Å². The Hall–Kier alpha value is -0.870. The lowest BCUT2D eigenvalue weighted by molar-refractivity contribution is 0.235. The second-order valence-corrected chi connectivity index (χ2v) is 5.26. The van der Waals surface area contributed by atoms with Crippen molar-refractivity contribution < 1.29 is 0 Å². The normalized spacial score (nSPS) is 13.6. The molecule has 1 rings (SSSR count). The Labute approximate surface area is 105 Å². The van der Waals surface area contributed by atoms with E-state index in [0.29, 0.717) is 6.54 Å². The number of hydrogen-bond acceptors (Lipinski definition) is 3. The molecule has 0 spiro atoms. The van der Waals surface area contributed by atoms with Gasteiger partial charge >= 0.3 is 0 Å². The minimum Gasteiger partial charge on any atom is -0.329 e. The third-order valence-corrected chi connectivity index (χ3v) is 3.22.